The van der Waals surface area contributed by atoms with Crippen LogP contribution in [0.3, 0.4) is 0 Å². The van der Waals surface area contributed by atoms with Crippen molar-refractivity contribution in [2.24, 2.45) is 17.6 Å². The van der Waals surface area contributed by atoms with Gasteiger partial charge in [0.05, 0.1) is 0 Å². The van der Waals surface area contributed by atoms with Gasteiger partial charge >= 0.3 is 6.09 Å². The van der Waals surface area contributed by atoms with Crippen LogP contribution in [0.1, 0.15) is 52.4 Å². The molecule has 0 heterocycles. The molecule has 0 unspecified atom stereocenters. The number of hydrogen-bond donors (Lipinski definition) is 1. The number of ether oxygens (including phenoxy) is 1. The quantitative estimate of drug-likeness (QED) is 0.807. The van der Waals surface area contributed by atoms with Crippen LogP contribution in [0.4, 0.5) is 4.79 Å². The van der Waals surface area contributed by atoms with Gasteiger partial charge in [-0.15, -0.1) is 0 Å². The fourth-order valence-corrected chi connectivity index (χ4v) is 3.17. The van der Waals surface area contributed by atoms with E-state index in [2.05, 4.69) is 19.0 Å². The first-order chi connectivity index (χ1) is 8.78. The Balaban J connectivity index is 2.28. The normalized spacial score (nSPS) is 24.5. The van der Waals surface area contributed by atoms with Crippen LogP contribution in [0.5, 0.6) is 0 Å². The minimum absolute atomic E-state index is 0.424. The Hall–Kier alpha value is -0.770. The zero-order chi connectivity index (χ0) is 14.5. The first-order valence-electron chi connectivity index (χ1n) is 7.41. The number of carbonyl (C=O) groups is 1. The van der Waals surface area contributed by atoms with Gasteiger partial charge in [0.25, 0.3) is 0 Å². The number of nitrogens with zero attached hydrogens (tertiary/aromatic N) is 1. The van der Waals surface area contributed by atoms with Crippen LogP contribution in [-0.4, -0.2) is 37.2 Å². The first kappa shape index (κ1) is 16.3. The Morgan fingerprint density at radius 1 is 1.21 bits per heavy atom. The Morgan fingerprint density at radius 2 is 1.74 bits per heavy atom. The molecule has 4 heteroatoms. The van der Waals surface area contributed by atoms with Crippen molar-refractivity contribution in [1.29, 1.82) is 0 Å². The summed E-state index contributed by atoms with van der Waals surface area (Å²) in [6.45, 7) is 5.09. The summed E-state index contributed by atoms with van der Waals surface area (Å²) in [4.78, 5) is 13.1. The maximum Gasteiger partial charge on any atom is 0.405 e. The largest absolute Gasteiger partial charge is 0.444 e. The third-order valence-corrected chi connectivity index (χ3v) is 4.11. The maximum absolute atomic E-state index is 10.9. The lowest BCUT2D eigenvalue weighted by molar-refractivity contribution is 0.0194. The SMILES string of the molecule is CN(C)CC[C@H]1CC[C@H](CC(C)(C)OC(N)=O)CC1. The molecule has 0 atom stereocenters. The van der Waals surface area contributed by atoms with E-state index in [-0.39, 0.29) is 0 Å². The van der Waals surface area contributed by atoms with Crippen LogP contribution in [0.2, 0.25) is 0 Å². The van der Waals surface area contributed by atoms with Crippen molar-refractivity contribution in [3.63, 3.8) is 0 Å². The molecule has 1 aliphatic rings. The van der Waals surface area contributed by atoms with E-state index >= 15 is 0 Å². The fourth-order valence-electron chi connectivity index (χ4n) is 3.17. The molecule has 4 nitrogen and oxygen atoms in total. The molecule has 0 spiro atoms. The third-order valence-electron chi connectivity index (χ3n) is 4.11. The van der Waals surface area contributed by atoms with Crippen molar-refractivity contribution in [3.05, 3.63) is 0 Å². The molecule has 0 saturated heterocycles. The van der Waals surface area contributed by atoms with Crippen molar-refractivity contribution in [2.45, 2.75) is 58.0 Å². The van der Waals surface area contributed by atoms with Gasteiger partial charge in [-0.2, -0.15) is 0 Å². The van der Waals surface area contributed by atoms with Crippen molar-refractivity contribution in [3.8, 4) is 0 Å². The number of carbonyl (C=O) groups excluding carboxylic acids is 1. The van der Waals surface area contributed by atoms with Gasteiger partial charge in [-0.1, -0.05) is 25.7 Å². The molecule has 0 aliphatic heterocycles. The van der Waals surface area contributed by atoms with E-state index in [1.807, 2.05) is 13.8 Å². The van der Waals surface area contributed by atoms with Gasteiger partial charge in [0, 0.05) is 0 Å². The topological polar surface area (TPSA) is 55.6 Å². The highest BCUT2D eigenvalue weighted by atomic mass is 16.6. The predicted octanol–water partition coefficient (Wildman–Crippen LogP) is 3.01. The van der Waals surface area contributed by atoms with E-state index in [1.54, 1.807) is 0 Å². The fraction of sp³-hybridized carbons (Fsp3) is 0.933. The summed E-state index contributed by atoms with van der Waals surface area (Å²) < 4.78 is 5.18. The Labute approximate surface area is 117 Å². The van der Waals surface area contributed by atoms with Gasteiger partial charge in [-0.3, -0.25) is 0 Å². The van der Waals surface area contributed by atoms with Gasteiger partial charge in [-0.05, 0) is 59.2 Å². The number of rotatable bonds is 6. The summed E-state index contributed by atoms with van der Waals surface area (Å²) >= 11 is 0. The maximum atomic E-state index is 10.9. The molecule has 0 aromatic carbocycles. The van der Waals surface area contributed by atoms with Crippen LogP contribution >= 0.6 is 0 Å². The summed E-state index contributed by atoms with van der Waals surface area (Å²) in [5.41, 5.74) is 4.68. The summed E-state index contributed by atoms with van der Waals surface area (Å²) in [5.74, 6) is 1.55. The number of hydrogen-bond acceptors (Lipinski definition) is 3. The van der Waals surface area contributed by atoms with E-state index in [0.717, 1.165) is 12.3 Å². The van der Waals surface area contributed by atoms with Crippen LogP contribution in [0.15, 0.2) is 0 Å². The molecule has 0 bridgehead atoms. The lowest BCUT2D eigenvalue weighted by Crippen LogP contribution is -2.34. The molecule has 1 saturated carbocycles. The van der Waals surface area contributed by atoms with Gasteiger partial charge < -0.3 is 15.4 Å². The van der Waals surface area contributed by atoms with Crippen LogP contribution in [0, 0.1) is 11.8 Å². The van der Waals surface area contributed by atoms with Crippen molar-refractivity contribution >= 4 is 6.09 Å². The van der Waals surface area contributed by atoms with Gasteiger partial charge in [-0.25, -0.2) is 4.79 Å². The molecule has 1 rings (SSSR count). The first-order valence-corrected chi connectivity index (χ1v) is 7.41. The Morgan fingerprint density at radius 3 is 2.21 bits per heavy atom. The Bertz CT molecular complexity index is 282. The minimum Gasteiger partial charge on any atom is -0.444 e. The number of amides is 1. The summed E-state index contributed by atoms with van der Waals surface area (Å²) in [7, 11) is 4.27. The monoisotopic (exact) mass is 270 g/mol. The lowest BCUT2D eigenvalue weighted by atomic mass is 9.76. The Kier molecular flexibility index (Phi) is 6.11. The second-order valence-corrected chi connectivity index (χ2v) is 6.86. The number of nitrogens with two attached hydrogens (primary N) is 1. The summed E-state index contributed by atoms with van der Waals surface area (Å²) in [6.07, 6.45) is 6.70. The lowest BCUT2D eigenvalue weighted by Gasteiger charge is -2.34. The van der Waals surface area contributed by atoms with Crippen LogP contribution < -0.4 is 5.73 Å². The van der Waals surface area contributed by atoms with E-state index < -0.39 is 11.7 Å². The van der Waals surface area contributed by atoms with Crippen LogP contribution in [0.25, 0.3) is 0 Å². The average molecular weight is 270 g/mol. The van der Waals surface area contributed by atoms with E-state index in [4.69, 9.17) is 10.5 Å². The van der Waals surface area contributed by atoms with E-state index in [0.29, 0.717) is 5.92 Å². The second-order valence-electron chi connectivity index (χ2n) is 6.86. The molecule has 1 aliphatic carbocycles. The second kappa shape index (κ2) is 7.13. The highest BCUT2D eigenvalue weighted by Crippen LogP contribution is 2.36. The minimum atomic E-state index is -0.662. The number of primary amides is 1. The highest BCUT2D eigenvalue weighted by molar-refractivity contribution is 5.65. The molecule has 1 amide bonds. The summed E-state index contributed by atoms with van der Waals surface area (Å²) in [6, 6.07) is 0. The van der Waals surface area contributed by atoms with Crippen LogP contribution in [-0.2, 0) is 4.74 Å². The summed E-state index contributed by atoms with van der Waals surface area (Å²) in [5, 5.41) is 0. The molecule has 1 fully saturated rings. The van der Waals surface area contributed by atoms with E-state index in [1.165, 1.54) is 38.6 Å². The van der Waals surface area contributed by atoms with Gasteiger partial charge in [0.15, 0.2) is 0 Å². The molecule has 2 N–H and O–H groups in total. The third kappa shape index (κ3) is 6.81. The predicted molar refractivity (Wildman–Crippen MR) is 78.0 cm³/mol. The standard InChI is InChI=1S/C15H30N2O2/c1-15(2,19-14(16)18)11-13-7-5-12(6-8-13)9-10-17(3)4/h12-13H,5-11H2,1-4H3,(H2,16,18)/t12-,13-. The van der Waals surface area contributed by atoms with Gasteiger partial charge in [0.1, 0.15) is 5.60 Å². The molecule has 0 radical (unpaired) electrons. The molecule has 112 valence electrons. The van der Waals surface area contributed by atoms with Crippen molar-refractivity contribution < 1.29 is 9.53 Å². The molecular weight excluding hydrogens is 240 g/mol. The zero-order valence-electron chi connectivity index (χ0n) is 12.9. The van der Waals surface area contributed by atoms with Gasteiger partial charge in [0.2, 0.25) is 0 Å². The molecule has 0 aromatic heterocycles. The molecule has 0 aromatic rings. The molecular formula is C15H30N2O2. The van der Waals surface area contributed by atoms with Crippen molar-refractivity contribution in [2.75, 3.05) is 20.6 Å². The highest BCUT2D eigenvalue weighted by Gasteiger charge is 2.29. The smallest absolute Gasteiger partial charge is 0.405 e. The molecule has 19 heavy (non-hydrogen) atoms. The average Bonchev–Trinajstić information content (AvgIpc) is 2.25. The van der Waals surface area contributed by atoms with Crippen molar-refractivity contribution in [1.82, 2.24) is 4.90 Å². The van der Waals surface area contributed by atoms with E-state index in [9.17, 15) is 4.79 Å². The zero-order valence-corrected chi connectivity index (χ0v) is 12.9.